The molecule has 2 aliphatic rings. The Morgan fingerprint density at radius 1 is 1.17 bits per heavy atom. The van der Waals surface area contributed by atoms with Crippen LogP contribution in [0.1, 0.15) is 36.0 Å². The summed E-state index contributed by atoms with van der Waals surface area (Å²) in [5, 5.41) is 10.0. The van der Waals surface area contributed by atoms with Crippen molar-refractivity contribution in [2.75, 3.05) is 13.1 Å². The summed E-state index contributed by atoms with van der Waals surface area (Å²) < 4.78 is 26.7. The number of hydrogen-bond donors (Lipinski definition) is 2. The highest BCUT2D eigenvalue weighted by Gasteiger charge is 2.37. The lowest BCUT2D eigenvalue weighted by atomic mass is 10.0. The Labute approximate surface area is 150 Å². The minimum atomic E-state index is -3.22. The summed E-state index contributed by atoms with van der Waals surface area (Å²) in [5.74, 6) is -0.650. The van der Waals surface area contributed by atoms with Crippen LogP contribution in [0.5, 0.6) is 5.75 Å². The number of phenols is 1. The second-order valence-corrected chi connectivity index (χ2v) is 9.05. The summed E-state index contributed by atoms with van der Waals surface area (Å²) >= 11 is 11.7. The Morgan fingerprint density at radius 3 is 2.38 bits per heavy atom. The van der Waals surface area contributed by atoms with Gasteiger partial charge in [0, 0.05) is 24.2 Å². The van der Waals surface area contributed by atoms with E-state index in [1.54, 1.807) is 4.90 Å². The van der Waals surface area contributed by atoms with Crippen LogP contribution in [0.3, 0.4) is 0 Å². The molecular formula is C15H18Cl2N2O4S. The zero-order valence-electron chi connectivity index (χ0n) is 12.8. The van der Waals surface area contributed by atoms with Gasteiger partial charge in [0.2, 0.25) is 10.0 Å². The molecule has 1 aromatic carbocycles. The Morgan fingerprint density at radius 2 is 1.79 bits per heavy atom. The van der Waals surface area contributed by atoms with E-state index < -0.39 is 10.0 Å². The molecule has 1 aliphatic carbocycles. The van der Waals surface area contributed by atoms with Gasteiger partial charge in [-0.3, -0.25) is 4.79 Å². The topological polar surface area (TPSA) is 86.7 Å². The van der Waals surface area contributed by atoms with Crippen molar-refractivity contribution in [2.24, 2.45) is 0 Å². The van der Waals surface area contributed by atoms with Crippen LogP contribution in [-0.2, 0) is 10.0 Å². The molecule has 1 heterocycles. The van der Waals surface area contributed by atoms with Crippen molar-refractivity contribution in [3.05, 3.63) is 27.7 Å². The molecule has 0 radical (unpaired) electrons. The van der Waals surface area contributed by atoms with E-state index in [9.17, 15) is 18.3 Å². The molecule has 0 aromatic heterocycles. The van der Waals surface area contributed by atoms with Crippen LogP contribution in [0.15, 0.2) is 12.1 Å². The number of piperidine rings is 1. The number of amides is 1. The van der Waals surface area contributed by atoms with Crippen molar-refractivity contribution < 1.29 is 18.3 Å². The van der Waals surface area contributed by atoms with Crippen LogP contribution in [-0.4, -0.2) is 48.7 Å². The molecular weight excluding hydrogens is 375 g/mol. The van der Waals surface area contributed by atoms with Gasteiger partial charge in [-0.05, 0) is 37.8 Å². The number of halogens is 2. The fraction of sp³-hybridized carbons (Fsp3) is 0.533. The van der Waals surface area contributed by atoms with E-state index in [-0.39, 0.29) is 38.6 Å². The summed E-state index contributed by atoms with van der Waals surface area (Å²) in [6.45, 7) is 0.806. The molecule has 1 saturated heterocycles. The van der Waals surface area contributed by atoms with Gasteiger partial charge in [0.1, 0.15) is 5.75 Å². The van der Waals surface area contributed by atoms with Gasteiger partial charge < -0.3 is 10.0 Å². The van der Waals surface area contributed by atoms with Gasteiger partial charge in [-0.15, -0.1) is 0 Å². The third kappa shape index (κ3) is 3.79. The highest BCUT2D eigenvalue weighted by atomic mass is 35.5. The average molecular weight is 393 g/mol. The maximum Gasteiger partial charge on any atom is 0.257 e. The second-order valence-electron chi connectivity index (χ2n) is 6.21. The number of nitrogens with zero attached hydrogens (tertiary/aromatic N) is 1. The molecule has 1 aliphatic heterocycles. The van der Waals surface area contributed by atoms with Crippen LogP contribution in [0.4, 0.5) is 0 Å². The first kappa shape index (κ1) is 17.8. The van der Waals surface area contributed by atoms with Gasteiger partial charge in [-0.25, -0.2) is 13.1 Å². The van der Waals surface area contributed by atoms with Crippen molar-refractivity contribution in [3.8, 4) is 5.75 Å². The number of carbonyl (C=O) groups is 1. The lowest BCUT2D eigenvalue weighted by Crippen LogP contribution is -2.47. The van der Waals surface area contributed by atoms with Gasteiger partial charge in [-0.1, -0.05) is 23.2 Å². The van der Waals surface area contributed by atoms with Crippen LogP contribution >= 0.6 is 23.2 Å². The molecule has 0 unspecified atom stereocenters. The average Bonchev–Trinajstić information content (AvgIpc) is 3.36. The standard InChI is InChI=1S/C15H18Cl2N2O4S/c16-9-7-12(14(20)13(17)8-9)15(21)19-5-3-10(4-6-19)18-24(22,23)11-1-2-11/h7-8,10-11,18,20H,1-6H2. The molecule has 0 atom stereocenters. The Hall–Kier alpha value is -1.02. The molecule has 1 aromatic rings. The van der Waals surface area contributed by atoms with Crippen molar-refractivity contribution in [3.63, 3.8) is 0 Å². The summed E-state index contributed by atoms with van der Waals surface area (Å²) in [6, 6.07) is 2.59. The number of hydrogen-bond acceptors (Lipinski definition) is 4. The molecule has 2 N–H and O–H groups in total. The molecule has 24 heavy (non-hydrogen) atoms. The van der Waals surface area contributed by atoms with Crippen molar-refractivity contribution in [1.82, 2.24) is 9.62 Å². The normalized spacial score (nSPS) is 19.5. The lowest BCUT2D eigenvalue weighted by Gasteiger charge is -2.32. The van der Waals surface area contributed by atoms with E-state index in [4.69, 9.17) is 23.2 Å². The first-order valence-corrected chi connectivity index (χ1v) is 10.1. The molecule has 2 fully saturated rings. The van der Waals surface area contributed by atoms with Crippen LogP contribution in [0.25, 0.3) is 0 Å². The maximum absolute atomic E-state index is 12.5. The smallest absolute Gasteiger partial charge is 0.257 e. The van der Waals surface area contributed by atoms with Crippen molar-refractivity contribution in [1.29, 1.82) is 0 Å². The third-order valence-corrected chi connectivity index (χ3v) is 6.85. The van der Waals surface area contributed by atoms with E-state index in [2.05, 4.69) is 4.72 Å². The second kappa shape index (κ2) is 6.71. The first-order chi connectivity index (χ1) is 11.3. The molecule has 3 rings (SSSR count). The van der Waals surface area contributed by atoms with E-state index in [1.807, 2.05) is 0 Å². The predicted octanol–water partition coefficient (Wildman–Crippen LogP) is 2.39. The molecule has 6 nitrogen and oxygen atoms in total. The number of aromatic hydroxyl groups is 1. The quantitative estimate of drug-likeness (QED) is 0.823. The number of carbonyl (C=O) groups excluding carboxylic acids is 1. The van der Waals surface area contributed by atoms with Crippen molar-refractivity contribution in [2.45, 2.75) is 37.0 Å². The third-order valence-electron chi connectivity index (χ3n) is 4.33. The number of phenolic OH excluding ortho intramolecular Hbond substituents is 1. The Balaban J connectivity index is 1.63. The fourth-order valence-corrected chi connectivity index (χ4v) is 4.95. The van der Waals surface area contributed by atoms with Gasteiger partial charge in [0.25, 0.3) is 5.91 Å². The van der Waals surface area contributed by atoms with E-state index in [1.165, 1.54) is 12.1 Å². The van der Waals surface area contributed by atoms with Gasteiger partial charge in [0.05, 0.1) is 15.8 Å². The maximum atomic E-state index is 12.5. The van der Waals surface area contributed by atoms with Crippen LogP contribution in [0.2, 0.25) is 10.0 Å². The molecule has 0 bridgehead atoms. The van der Waals surface area contributed by atoms with Gasteiger partial charge >= 0.3 is 0 Å². The number of rotatable bonds is 4. The molecule has 0 spiro atoms. The SMILES string of the molecule is O=C(c1cc(Cl)cc(Cl)c1O)N1CCC(NS(=O)(=O)C2CC2)CC1. The van der Waals surface area contributed by atoms with E-state index in [0.29, 0.717) is 25.9 Å². The number of likely N-dealkylation sites (tertiary alicyclic amines) is 1. The number of sulfonamides is 1. The lowest BCUT2D eigenvalue weighted by molar-refractivity contribution is 0.0708. The summed E-state index contributed by atoms with van der Waals surface area (Å²) in [4.78, 5) is 14.1. The molecule has 132 valence electrons. The van der Waals surface area contributed by atoms with E-state index >= 15 is 0 Å². The summed E-state index contributed by atoms with van der Waals surface area (Å²) in [6.07, 6.45) is 2.52. The molecule has 1 amide bonds. The number of benzene rings is 1. The minimum Gasteiger partial charge on any atom is -0.506 e. The Bertz CT molecular complexity index is 757. The van der Waals surface area contributed by atoms with Gasteiger partial charge in [-0.2, -0.15) is 0 Å². The highest BCUT2D eigenvalue weighted by Crippen LogP contribution is 2.33. The number of nitrogens with one attached hydrogen (secondary N) is 1. The van der Waals surface area contributed by atoms with Crippen LogP contribution < -0.4 is 4.72 Å². The molecule has 9 heteroatoms. The molecule has 1 saturated carbocycles. The van der Waals surface area contributed by atoms with E-state index in [0.717, 1.165) is 12.8 Å². The zero-order valence-corrected chi connectivity index (χ0v) is 15.2. The summed E-state index contributed by atoms with van der Waals surface area (Å²) in [7, 11) is -3.22. The van der Waals surface area contributed by atoms with Crippen LogP contribution in [0, 0.1) is 0 Å². The Kier molecular flexibility index (Phi) is 4.97. The monoisotopic (exact) mass is 392 g/mol. The summed E-state index contributed by atoms with van der Waals surface area (Å²) in [5.41, 5.74) is 0.0597. The van der Waals surface area contributed by atoms with Crippen molar-refractivity contribution >= 4 is 39.1 Å². The highest BCUT2D eigenvalue weighted by molar-refractivity contribution is 7.90. The largest absolute Gasteiger partial charge is 0.506 e. The predicted molar refractivity (Wildman–Crippen MR) is 92.1 cm³/mol. The van der Waals surface area contributed by atoms with Gasteiger partial charge in [0.15, 0.2) is 0 Å². The first-order valence-electron chi connectivity index (χ1n) is 7.76. The minimum absolute atomic E-state index is 0.0259. The zero-order chi connectivity index (χ0) is 17.5. The fourth-order valence-electron chi connectivity index (χ4n) is 2.81.